The lowest BCUT2D eigenvalue weighted by Gasteiger charge is -2.23. The number of rotatable bonds is 2. The molecule has 0 radical (unpaired) electrons. The predicted molar refractivity (Wildman–Crippen MR) is 92.4 cm³/mol. The molecule has 7 nitrogen and oxygen atoms in total. The smallest absolute Gasteiger partial charge is 0.255 e. The van der Waals surface area contributed by atoms with Crippen molar-refractivity contribution in [2.75, 3.05) is 32.8 Å². The Balaban J connectivity index is 1.38. The lowest BCUT2D eigenvalue weighted by Crippen LogP contribution is -2.34. The topological polar surface area (TPSA) is 72.3 Å². The van der Waals surface area contributed by atoms with Crippen LogP contribution in [0, 0.1) is 5.92 Å². The number of hydrogen-bond acceptors (Lipinski definition) is 5. The van der Waals surface area contributed by atoms with Crippen LogP contribution in [0.25, 0.3) is 11.2 Å². The number of fused-ring (bicyclic) bond motifs is 2. The highest BCUT2D eigenvalue weighted by atomic mass is 16.5. The highest BCUT2D eigenvalue weighted by Crippen LogP contribution is 2.27. The van der Waals surface area contributed by atoms with Crippen LogP contribution in [0.15, 0.2) is 18.6 Å². The van der Waals surface area contributed by atoms with Gasteiger partial charge in [0.25, 0.3) is 5.91 Å². The average molecular weight is 341 g/mol. The molecule has 132 valence electrons. The molecule has 0 spiro atoms. The minimum Gasteiger partial charge on any atom is -0.381 e. The summed E-state index contributed by atoms with van der Waals surface area (Å²) in [4.78, 5) is 23.9. The first-order chi connectivity index (χ1) is 12.3. The number of nitrogens with zero attached hydrogens (tertiary/aromatic N) is 4. The van der Waals surface area contributed by atoms with Crippen molar-refractivity contribution in [2.24, 2.45) is 5.92 Å². The van der Waals surface area contributed by atoms with Gasteiger partial charge < -0.3 is 19.5 Å². The lowest BCUT2D eigenvalue weighted by molar-refractivity contribution is 0.0704. The fraction of sp³-hybridized carbons (Fsp3) is 0.611. The molecule has 2 atom stereocenters. The van der Waals surface area contributed by atoms with Gasteiger partial charge in [0.1, 0.15) is 5.52 Å². The van der Waals surface area contributed by atoms with Crippen molar-refractivity contribution in [3.05, 3.63) is 24.2 Å². The molecular weight excluding hydrogens is 318 g/mol. The van der Waals surface area contributed by atoms with Crippen LogP contribution < -0.4 is 5.32 Å². The van der Waals surface area contributed by atoms with Gasteiger partial charge in [-0.15, -0.1) is 0 Å². The largest absolute Gasteiger partial charge is 0.381 e. The van der Waals surface area contributed by atoms with E-state index in [0.717, 1.165) is 56.9 Å². The van der Waals surface area contributed by atoms with Crippen molar-refractivity contribution in [3.63, 3.8) is 0 Å². The van der Waals surface area contributed by atoms with E-state index < -0.39 is 0 Å². The zero-order valence-electron chi connectivity index (χ0n) is 14.2. The van der Waals surface area contributed by atoms with Crippen LogP contribution in [0.3, 0.4) is 0 Å². The predicted octanol–water partition coefficient (Wildman–Crippen LogP) is 1.22. The zero-order chi connectivity index (χ0) is 16.8. The second-order valence-electron chi connectivity index (χ2n) is 7.38. The maximum atomic E-state index is 12.8. The number of ether oxygens (including phenoxy) is 1. The van der Waals surface area contributed by atoms with E-state index >= 15 is 0 Å². The van der Waals surface area contributed by atoms with E-state index in [1.165, 1.54) is 6.42 Å². The molecule has 2 aromatic heterocycles. The second kappa shape index (κ2) is 6.07. The number of amides is 1. The molecule has 1 N–H and O–H groups in total. The number of likely N-dealkylation sites (tertiary alicyclic amines) is 1. The van der Waals surface area contributed by atoms with Gasteiger partial charge in [-0.25, -0.2) is 9.97 Å². The van der Waals surface area contributed by atoms with Crippen molar-refractivity contribution >= 4 is 17.1 Å². The molecule has 0 aliphatic carbocycles. The second-order valence-corrected chi connectivity index (χ2v) is 7.38. The molecule has 0 saturated carbocycles. The van der Waals surface area contributed by atoms with Gasteiger partial charge in [-0.3, -0.25) is 4.79 Å². The monoisotopic (exact) mass is 341 g/mol. The third-order valence-electron chi connectivity index (χ3n) is 5.89. The SMILES string of the molecule is O=C(c1cnc2c(c1)ncn2C1CCOCC1)N1C[C@@H]2CCN[C@@H]2C1. The first-order valence-corrected chi connectivity index (χ1v) is 9.22. The molecule has 3 aliphatic heterocycles. The number of imidazole rings is 1. The molecule has 5 rings (SSSR count). The van der Waals surface area contributed by atoms with Gasteiger partial charge in [-0.1, -0.05) is 0 Å². The number of nitrogens with one attached hydrogen (secondary N) is 1. The third-order valence-corrected chi connectivity index (χ3v) is 5.89. The molecule has 25 heavy (non-hydrogen) atoms. The number of carbonyl (C=O) groups excluding carboxylic acids is 1. The van der Waals surface area contributed by atoms with Crippen LogP contribution in [0.5, 0.6) is 0 Å². The third kappa shape index (κ3) is 2.62. The Bertz CT molecular complexity index is 786. The van der Waals surface area contributed by atoms with E-state index in [0.29, 0.717) is 23.6 Å². The average Bonchev–Trinajstić information content (AvgIpc) is 3.35. The minimum absolute atomic E-state index is 0.0752. The van der Waals surface area contributed by atoms with E-state index in [1.807, 2.05) is 17.3 Å². The molecular formula is C18H23N5O2. The Morgan fingerprint density at radius 2 is 2.08 bits per heavy atom. The van der Waals surface area contributed by atoms with E-state index in [-0.39, 0.29) is 5.91 Å². The summed E-state index contributed by atoms with van der Waals surface area (Å²) < 4.78 is 7.57. The molecule has 3 aliphatic rings. The normalized spacial score (nSPS) is 27.1. The molecule has 7 heteroatoms. The summed E-state index contributed by atoms with van der Waals surface area (Å²) in [5, 5.41) is 3.49. The molecule has 2 aromatic rings. The van der Waals surface area contributed by atoms with Crippen LogP contribution in [-0.2, 0) is 4.74 Å². The van der Waals surface area contributed by atoms with Crippen molar-refractivity contribution < 1.29 is 9.53 Å². The molecule has 0 aromatic carbocycles. The van der Waals surface area contributed by atoms with Crippen LogP contribution in [0.4, 0.5) is 0 Å². The molecule has 0 bridgehead atoms. The van der Waals surface area contributed by atoms with Crippen molar-refractivity contribution in [1.82, 2.24) is 24.8 Å². The van der Waals surface area contributed by atoms with Gasteiger partial charge in [0, 0.05) is 44.6 Å². The molecule has 5 heterocycles. The summed E-state index contributed by atoms with van der Waals surface area (Å²) in [5.74, 6) is 0.680. The summed E-state index contributed by atoms with van der Waals surface area (Å²) in [6.07, 6.45) is 6.70. The van der Waals surface area contributed by atoms with Crippen LogP contribution in [0.1, 0.15) is 35.7 Å². The van der Waals surface area contributed by atoms with Crippen LogP contribution in [0.2, 0.25) is 0 Å². The quantitative estimate of drug-likeness (QED) is 0.889. The van der Waals surface area contributed by atoms with Crippen molar-refractivity contribution in [2.45, 2.75) is 31.3 Å². The Morgan fingerprint density at radius 3 is 2.92 bits per heavy atom. The maximum absolute atomic E-state index is 12.8. The summed E-state index contributed by atoms with van der Waals surface area (Å²) in [5.41, 5.74) is 2.31. The van der Waals surface area contributed by atoms with E-state index in [9.17, 15) is 4.79 Å². The van der Waals surface area contributed by atoms with E-state index in [2.05, 4.69) is 19.9 Å². The molecule has 0 unspecified atom stereocenters. The fourth-order valence-corrected chi connectivity index (χ4v) is 4.46. The van der Waals surface area contributed by atoms with Crippen LogP contribution in [-0.4, -0.2) is 64.2 Å². The Hall–Kier alpha value is -1.99. The fourth-order valence-electron chi connectivity index (χ4n) is 4.46. The Kier molecular flexibility index (Phi) is 3.71. The molecule has 1 amide bonds. The minimum atomic E-state index is 0.0752. The lowest BCUT2D eigenvalue weighted by atomic mass is 10.1. The highest BCUT2D eigenvalue weighted by Gasteiger charge is 2.38. The number of pyridine rings is 1. The van der Waals surface area contributed by atoms with Crippen molar-refractivity contribution in [1.29, 1.82) is 0 Å². The number of hydrogen-bond donors (Lipinski definition) is 1. The summed E-state index contributed by atoms with van der Waals surface area (Å²) in [6.45, 7) is 4.30. The Morgan fingerprint density at radius 1 is 1.20 bits per heavy atom. The van der Waals surface area contributed by atoms with Gasteiger partial charge in [0.15, 0.2) is 5.65 Å². The summed E-state index contributed by atoms with van der Waals surface area (Å²) in [7, 11) is 0. The summed E-state index contributed by atoms with van der Waals surface area (Å²) in [6, 6.07) is 2.74. The van der Waals surface area contributed by atoms with Crippen molar-refractivity contribution in [3.8, 4) is 0 Å². The van der Waals surface area contributed by atoms with Gasteiger partial charge in [-0.05, 0) is 37.8 Å². The molecule has 3 fully saturated rings. The van der Waals surface area contributed by atoms with E-state index in [4.69, 9.17) is 4.74 Å². The molecule has 3 saturated heterocycles. The van der Waals surface area contributed by atoms with Gasteiger partial charge in [0.05, 0.1) is 11.9 Å². The van der Waals surface area contributed by atoms with Gasteiger partial charge >= 0.3 is 0 Å². The van der Waals surface area contributed by atoms with Crippen LogP contribution >= 0.6 is 0 Å². The van der Waals surface area contributed by atoms with E-state index in [1.54, 1.807) is 6.20 Å². The Labute approximate surface area is 146 Å². The number of carbonyl (C=O) groups is 1. The zero-order valence-corrected chi connectivity index (χ0v) is 14.2. The van der Waals surface area contributed by atoms with Gasteiger partial charge in [0.2, 0.25) is 0 Å². The van der Waals surface area contributed by atoms with Gasteiger partial charge in [-0.2, -0.15) is 0 Å². The number of aromatic nitrogens is 3. The first-order valence-electron chi connectivity index (χ1n) is 9.22. The summed E-state index contributed by atoms with van der Waals surface area (Å²) >= 11 is 0. The first kappa shape index (κ1) is 15.3. The standard InChI is InChI=1S/C18H23N5O2/c24-18(22-9-12-1-4-19-16(12)10-22)13-7-15-17(20-8-13)23(11-21-15)14-2-5-25-6-3-14/h7-8,11-12,14,16,19H,1-6,9-10H2/t12-,16+/m0/s1. The maximum Gasteiger partial charge on any atom is 0.255 e. The highest BCUT2D eigenvalue weighted by molar-refractivity contribution is 5.96.